The first-order valence-corrected chi connectivity index (χ1v) is 6.26. The summed E-state index contributed by atoms with van der Waals surface area (Å²) in [6.45, 7) is 1.56. The Kier molecular flexibility index (Phi) is 6.05. The minimum Gasteiger partial charge on any atom is -0.467 e. The predicted molar refractivity (Wildman–Crippen MR) is 67.1 cm³/mol. The van der Waals surface area contributed by atoms with Crippen LogP contribution in [-0.4, -0.2) is 37.1 Å². The number of cyclic esters (lactones) is 1. The summed E-state index contributed by atoms with van der Waals surface area (Å²) in [5.41, 5.74) is 0. The number of allylic oxidation sites excluding steroid dienone is 2. The Bertz CT molecular complexity index is 377. The van der Waals surface area contributed by atoms with Crippen LogP contribution in [0.2, 0.25) is 0 Å². The van der Waals surface area contributed by atoms with Crippen molar-refractivity contribution < 1.29 is 23.9 Å². The molecule has 6 nitrogen and oxygen atoms in total. The lowest BCUT2D eigenvalue weighted by Gasteiger charge is -2.23. The van der Waals surface area contributed by atoms with E-state index in [1.807, 2.05) is 12.2 Å². The van der Waals surface area contributed by atoms with Gasteiger partial charge in [-0.2, -0.15) is 0 Å². The van der Waals surface area contributed by atoms with Crippen LogP contribution >= 0.6 is 0 Å². The van der Waals surface area contributed by atoms with Crippen molar-refractivity contribution in [3.8, 4) is 0 Å². The molecule has 0 saturated heterocycles. The number of methoxy groups -OCH3 is 1. The average Bonchev–Trinajstić information content (AvgIpc) is 2.37. The fourth-order valence-corrected chi connectivity index (χ4v) is 1.73. The van der Waals surface area contributed by atoms with Gasteiger partial charge in [0.1, 0.15) is 6.10 Å². The monoisotopic (exact) mass is 269 g/mol. The second-order valence-electron chi connectivity index (χ2n) is 4.31. The van der Waals surface area contributed by atoms with Crippen LogP contribution in [0.25, 0.3) is 0 Å². The number of hydrogen-bond acceptors (Lipinski definition) is 5. The maximum atomic E-state index is 11.7. The Morgan fingerprint density at radius 2 is 1.95 bits per heavy atom. The van der Waals surface area contributed by atoms with Gasteiger partial charge in [0.15, 0.2) is 6.04 Å². The number of esters is 2. The number of carbonyl (C=O) groups is 3. The van der Waals surface area contributed by atoms with Crippen molar-refractivity contribution in [3.63, 3.8) is 0 Å². The van der Waals surface area contributed by atoms with Crippen LogP contribution in [0.4, 0.5) is 0 Å². The second-order valence-corrected chi connectivity index (χ2v) is 4.31. The van der Waals surface area contributed by atoms with Crippen LogP contribution in [0.1, 0.15) is 32.6 Å². The first-order chi connectivity index (χ1) is 9.04. The second kappa shape index (κ2) is 7.56. The van der Waals surface area contributed by atoms with E-state index in [-0.39, 0.29) is 18.7 Å². The van der Waals surface area contributed by atoms with E-state index < -0.39 is 24.1 Å². The first-order valence-electron chi connectivity index (χ1n) is 6.26. The van der Waals surface area contributed by atoms with Gasteiger partial charge in [0, 0.05) is 12.8 Å². The quantitative estimate of drug-likeness (QED) is 0.560. The molecule has 0 aliphatic carbocycles. The molecule has 0 aromatic heterocycles. The van der Waals surface area contributed by atoms with E-state index in [9.17, 15) is 14.4 Å². The lowest BCUT2D eigenvalue weighted by Crippen LogP contribution is -2.49. The van der Waals surface area contributed by atoms with E-state index in [1.54, 1.807) is 6.92 Å². The largest absolute Gasteiger partial charge is 0.467 e. The lowest BCUT2D eigenvalue weighted by molar-refractivity contribution is -0.157. The standard InChI is InChI=1S/C13H19NO5/c1-9-12(13(17)18-2)14-10(15)7-5-3-4-6-8-11(16)19-9/h3-4,9,12H,5-8H2,1-2H3,(H,14,15)/b4-3-/t9-,12?/m1/s1. The van der Waals surface area contributed by atoms with Crippen LogP contribution in [0, 0.1) is 0 Å². The lowest BCUT2D eigenvalue weighted by atomic mass is 10.1. The summed E-state index contributed by atoms with van der Waals surface area (Å²) >= 11 is 0. The molecule has 1 heterocycles. The Morgan fingerprint density at radius 1 is 1.32 bits per heavy atom. The Balaban J connectivity index is 2.81. The number of hydrogen-bond donors (Lipinski definition) is 1. The third-order valence-corrected chi connectivity index (χ3v) is 2.78. The van der Waals surface area contributed by atoms with E-state index in [0.29, 0.717) is 12.8 Å². The summed E-state index contributed by atoms with van der Waals surface area (Å²) in [6.07, 6.45) is 4.60. The molecule has 0 saturated carbocycles. The zero-order chi connectivity index (χ0) is 14.3. The smallest absolute Gasteiger partial charge is 0.332 e. The molecule has 1 amide bonds. The van der Waals surface area contributed by atoms with E-state index in [1.165, 1.54) is 7.11 Å². The van der Waals surface area contributed by atoms with Crippen molar-refractivity contribution in [2.24, 2.45) is 0 Å². The molecular weight excluding hydrogens is 250 g/mol. The summed E-state index contributed by atoms with van der Waals surface area (Å²) in [7, 11) is 1.22. The molecule has 0 fully saturated rings. The van der Waals surface area contributed by atoms with Gasteiger partial charge in [-0.05, 0) is 19.8 Å². The van der Waals surface area contributed by atoms with Gasteiger partial charge in [-0.25, -0.2) is 4.79 Å². The minimum atomic E-state index is -0.968. The van der Waals surface area contributed by atoms with Crippen LogP contribution in [0.3, 0.4) is 0 Å². The highest BCUT2D eigenvalue weighted by molar-refractivity contribution is 5.85. The summed E-state index contributed by atoms with van der Waals surface area (Å²) in [6, 6.07) is -0.968. The molecule has 2 atom stereocenters. The molecular formula is C13H19NO5. The molecule has 1 unspecified atom stereocenters. The Hall–Kier alpha value is -1.85. The Labute approximate surface area is 112 Å². The molecule has 6 heteroatoms. The van der Waals surface area contributed by atoms with Gasteiger partial charge in [-0.15, -0.1) is 0 Å². The minimum absolute atomic E-state index is 0.253. The molecule has 0 aromatic rings. The van der Waals surface area contributed by atoms with Gasteiger partial charge in [-0.3, -0.25) is 9.59 Å². The van der Waals surface area contributed by atoms with Crippen molar-refractivity contribution >= 4 is 17.8 Å². The fraction of sp³-hybridized carbons (Fsp3) is 0.615. The van der Waals surface area contributed by atoms with Gasteiger partial charge >= 0.3 is 11.9 Å². The number of nitrogens with one attached hydrogen (secondary N) is 1. The molecule has 1 N–H and O–H groups in total. The normalized spacial score (nSPS) is 27.3. The third kappa shape index (κ3) is 5.11. The van der Waals surface area contributed by atoms with Gasteiger partial charge in [-0.1, -0.05) is 12.2 Å². The molecule has 1 rings (SSSR count). The highest BCUT2D eigenvalue weighted by Gasteiger charge is 2.30. The van der Waals surface area contributed by atoms with Crippen LogP contribution < -0.4 is 5.32 Å². The molecule has 106 valence electrons. The maximum Gasteiger partial charge on any atom is 0.332 e. The van der Waals surface area contributed by atoms with E-state index in [2.05, 4.69) is 10.1 Å². The van der Waals surface area contributed by atoms with Crippen LogP contribution in [0.5, 0.6) is 0 Å². The third-order valence-electron chi connectivity index (χ3n) is 2.78. The van der Waals surface area contributed by atoms with Crippen molar-refractivity contribution in [2.75, 3.05) is 7.11 Å². The first kappa shape index (κ1) is 15.2. The van der Waals surface area contributed by atoms with Crippen LogP contribution in [0.15, 0.2) is 12.2 Å². The summed E-state index contributed by atoms with van der Waals surface area (Å²) in [4.78, 5) is 34.8. The molecule has 19 heavy (non-hydrogen) atoms. The van der Waals surface area contributed by atoms with Gasteiger partial charge < -0.3 is 14.8 Å². The molecule has 1 aliphatic heterocycles. The van der Waals surface area contributed by atoms with E-state index in [4.69, 9.17) is 4.74 Å². The molecule has 1 aliphatic rings. The fourth-order valence-electron chi connectivity index (χ4n) is 1.73. The Morgan fingerprint density at radius 3 is 2.58 bits per heavy atom. The molecule has 0 bridgehead atoms. The zero-order valence-corrected chi connectivity index (χ0v) is 11.2. The number of ether oxygens (including phenoxy) is 2. The topological polar surface area (TPSA) is 81.7 Å². The van der Waals surface area contributed by atoms with Crippen LogP contribution in [-0.2, 0) is 23.9 Å². The van der Waals surface area contributed by atoms with E-state index >= 15 is 0 Å². The zero-order valence-electron chi connectivity index (χ0n) is 11.2. The summed E-state index contributed by atoms with van der Waals surface area (Å²) < 4.78 is 9.73. The molecule has 0 radical (unpaired) electrons. The summed E-state index contributed by atoms with van der Waals surface area (Å²) in [5.74, 6) is -1.30. The number of amides is 1. The highest BCUT2D eigenvalue weighted by atomic mass is 16.6. The van der Waals surface area contributed by atoms with Crippen molar-refractivity contribution in [1.82, 2.24) is 5.32 Å². The van der Waals surface area contributed by atoms with Crippen molar-refractivity contribution in [1.29, 1.82) is 0 Å². The van der Waals surface area contributed by atoms with E-state index in [0.717, 1.165) is 0 Å². The molecule has 0 spiro atoms. The maximum absolute atomic E-state index is 11.7. The average molecular weight is 269 g/mol. The van der Waals surface area contributed by atoms with Gasteiger partial charge in [0.05, 0.1) is 7.11 Å². The number of carbonyl (C=O) groups excluding carboxylic acids is 3. The SMILES string of the molecule is COC(=O)C1NC(=O)CC/C=C\CCC(=O)O[C@@H]1C. The van der Waals surface area contributed by atoms with Crippen molar-refractivity contribution in [2.45, 2.75) is 44.8 Å². The van der Waals surface area contributed by atoms with Gasteiger partial charge in [0.25, 0.3) is 0 Å². The predicted octanol–water partition coefficient (Wildman–Crippen LogP) is 0.706. The van der Waals surface area contributed by atoms with Crippen molar-refractivity contribution in [3.05, 3.63) is 12.2 Å². The number of rotatable bonds is 1. The summed E-state index contributed by atoms with van der Waals surface area (Å²) in [5, 5.41) is 2.53. The highest BCUT2D eigenvalue weighted by Crippen LogP contribution is 2.07. The van der Waals surface area contributed by atoms with Gasteiger partial charge in [0.2, 0.25) is 5.91 Å². The molecule has 0 aromatic carbocycles.